The number of rotatable bonds is 3. The van der Waals surface area contributed by atoms with E-state index in [1.165, 1.54) is 0 Å². The predicted molar refractivity (Wildman–Crippen MR) is 72.5 cm³/mol. The van der Waals surface area contributed by atoms with Gasteiger partial charge in [0.2, 0.25) is 0 Å². The standard InChI is InChI=1S/C13H20N4O/c14-6-7-16-8-10-17(11-9-16)13(18)15-12-4-2-1-3-5-12/h1-5H,6-11,14H2,(H,15,18). The first-order valence-electron chi connectivity index (χ1n) is 6.33. The third-order valence-corrected chi connectivity index (χ3v) is 3.13. The van der Waals surface area contributed by atoms with Gasteiger partial charge in [0.25, 0.3) is 0 Å². The van der Waals surface area contributed by atoms with E-state index in [9.17, 15) is 4.79 Å². The maximum atomic E-state index is 12.0. The highest BCUT2D eigenvalue weighted by atomic mass is 16.2. The van der Waals surface area contributed by atoms with E-state index >= 15 is 0 Å². The number of hydrogen-bond donors (Lipinski definition) is 2. The first-order chi connectivity index (χ1) is 8.79. The normalized spacial score (nSPS) is 16.6. The molecule has 1 fully saturated rings. The van der Waals surface area contributed by atoms with E-state index in [-0.39, 0.29) is 6.03 Å². The van der Waals surface area contributed by atoms with E-state index in [4.69, 9.17) is 5.73 Å². The Balaban J connectivity index is 1.81. The van der Waals surface area contributed by atoms with Gasteiger partial charge in [0.1, 0.15) is 0 Å². The van der Waals surface area contributed by atoms with Crippen LogP contribution in [0.3, 0.4) is 0 Å². The second-order valence-corrected chi connectivity index (χ2v) is 4.41. The first kappa shape index (κ1) is 12.9. The predicted octanol–water partition coefficient (Wildman–Crippen LogP) is 0.795. The minimum atomic E-state index is -0.0198. The van der Waals surface area contributed by atoms with Crippen molar-refractivity contribution in [3.8, 4) is 0 Å². The fourth-order valence-electron chi connectivity index (χ4n) is 2.08. The molecule has 5 nitrogen and oxygen atoms in total. The Hall–Kier alpha value is -1.59. The van der Waals surface area contributed by atoms with Crippen molar-refractivity contribution in [2.24, 2.45) is 5.73 Å². The third kappa shape index (κ3) is 3.45. The summed E-state index contributed by atoms with van der Waals surface area (Å²) in [4.78, 5) is 16.1. The van der Waals surface area contributed by atoms with Crippen molar-refractivity contribution in [3.63, 3.8) is 0 Å². The molecule has 0 saturated carbocycles. The highest BCUT2D eigenvalue weighted by Crippen LogP contribution is 2.08. The number of carbonyl (C=O) groups excluding carboxylic acids is 1. The Morgan fingerprint density at radius 1 is 1.17 bits per heavy atom. The fourth-order valence-corrected chi connectivity index (χ4v) is 2.08. The molecule has 1 aliphatic rings. The maximum absolute atomic E-state index is 12.0. The van der Waals surface area contributed by atoms with E-state index in [0.717, 1.165) is 38.4 Å². The van der Waals surface area contributed by atoms with Gasteiger partial charge in [-0.05, 0) is 12.1 Å². The molecule has 1 saturated heterocycles. The lowest BCUT2D eigenvalue weighted by Gasteiger charge is -2.34. The minimum absolute atomic E-state index is 0.0198. The van der Waals surface area contributed by atoms with Crippen LogP contribution in [-0.2, 0) is 0 Å². The molecule has 0 atom stereocenters. The summed E-state index contributed by atoms with van der Waals surface area (Å²) in [5.41, 5.74) is 6.36. The molecule has 5 heteroatoms. The second kappa shape index (κ2) is 6.37. The molecule has 0 aliphatic carbocycles. The Kier molecular flexibility index (Phi) is 4.55. The molecule has 2 amide bonds. The average Bonchev–Trinajstić information content (AvgIpc) is 2.41. The summed E-state index contributed by atoms with van der Waals surface area (Å²) in [6, 6.07) is 9.52. The van der Waals surface area contributed by atoms with Crippen molar-refractivity contribution in [1.29, 1.82) is 0 Å². The number of para-hydroxylation sites is 1. The van der Waals surface area contributed by atoms with Crippen molar-refractivity contribution in [2.75, 3.05) is 44.6 Å². The highest BCUT2D eigenvalue weighted by Gasteiger charge is 2.20. The summed E-state index contributed by atoms with van der Waals surface area (Å²) in [5.74, 6) is 0. The molecule has 0 bridgehead atoms. The zero-order valence-electron chi connectivity index (χ0n) is 10.5. The Morgan fingerprint density at radius 2 is 1.83 bits per heavy atom. The molecular formula is C13H20N4O. The first-order valence-corrected chi connectivity index (χ1v) is 6.33. The van der Waals surface area contributed by atoms with Gasteiger partial charge < -0.3 is 16.0 Å². The Labute approximate surface area is 108 Å². The van der Waals surface area contributed by atoms with Crippen LogP contribution in [0.4, 0.5) is 10.5 Å². The Bertz CT molecular complexity index is 374. The summed E-state index contributed by atoms with van der Waals surface area (Å²) in [5, 5.41) is 2.90. The quantitative estimate of drug-likeness (QED) is 0.831. The zero-order valence-corrected chi connectivity index (χ0v) is 10.5. The monoisotopic (exact) mass is 248 g/mol. The molecule has 0 unspecified atom stereocenters. The van der Waals surface area contributed by atoms with E-state index in [1.807, 2.05) is 35.2 Å². The summed E-state index contributed by atoms with van der Waals surface area (Å²) in [6.07, 6.45) is 0. The highest BCUT2D eigenvalue weighted by molar-refractivity contribution is 5.89. The molecule has 2 rings (SSSR count). The van der Waals surface area contributed by atoms with Gasteiger partial charge in [-0.2, -0.15) is 0 Å². The smallest absolute Gasteiger partial charge is 0.321 e. The molecule has 98 valence electrons. The van der Waals surface area contributed by atoms with Crippen molar-refractivity contribution in [2.45, 2.75) is 0 Å². The number of nitrogens with two attached hydrogens (primary N) is 1. The van der Waals surface area contributed by atoms with Gasteiger partial charge in [0.15, 0.2) is 0 Å². The van der Waals surface area contributed by atoms with Gasteiger partial charge >= 0.3 is 6.03 Å². The van der Waals surface area contributed by atoms with Crippen LogP contribution in [0, 0.1) is 0 Å². The van der Waals surface area contributed by atoms with Gasteiger partial charge in [-0.3, -0.25) is 4.90 Å². The number of carbonyl (C=O) groups is 1. The molecule has 0 aromatic heterocycles. The summed E-state index contributed by atoms with van der Waals surface area (Å²) in [6.45, 7) is 4.92. The molecule has 0 spiro atoms. The lowest BCUT2D eigenvalue weighted by Crippen LogP contribution is -2.50. The zero-order chi connectivity index (χ0) is 12.8. The molecule has 3 N–H and O–H groups in total. The number of nitrogens with zero attached hydrogens (tertiary/aromatic N) is 2. The average molecular weight is 248 g/mol. The number of piperazine rings is 1. The van der Waals surface area contributed by atoms with Crippen molar-refractivity contribution in [3.05, 3.63) is 30.3 Å². The second-order valence-electron chi connectivity index (χ2n) is 4.41. The number of amides is 2. The summed E-state index contributed by atoms with van der Waals surface area (Å²) in [7, 11) is 0. The van der Waals surface area contributed by atoms with E-state index in [1.54, 1.807) is 0 Å². The van der Waals surface area contributed by atoms with Crippen LogP contribution in [0.1, 0.15) is 0 Å². The third-order valence-electron chi connectivity index (χ3n) is 3.13. The van der Waals surface area contributed by atoms with Crippen molar-refractivity contribution < 1.29 is 4.79 Å². The Morgan fingerprint density at radius 3 is 2.44 bits per heavy atom. The number of nitrogens with one attached hydrogen (secondary N) is 1. The van der Waals surface area contributed by atoms with E-state index in [2.05, 4.69) is 10.2 Å². The minimum Gasteiger partial charge on any atom is -0.329 e. The van der Waals surface area contributed by atoms with E-state index < -0.39 is 0 Å². The molecule has 18 heavy (non-hydrogen) atoms. The number of hydrogen-bond acceptors (Lipinski definition) is 3. The number of benzene rings is 1. The van der Waals surface area contributed by atoms with Crippen LogP contribution in [0.5, 0.6) is 0 Å². The lowest BCUT2D eigenvalue weighted by molar-refractivity contribution is 0.149. The number of urea groups is 1. The van der Waals surface area contributed by atoms with Gasteiger partial charge in [-0.25, -0.2) is 4.79 Å². The topological polar surface area (TPSA) is 61.6 Å². The largest absolute Gasteiger partial charge is 0.329 e. The van der Waals surface area contributed by atoms with Gasteiger partial charge in [-0.1, -0.05) is 18.2 Å². The lowest BCUT2D eigenvalue weighted by atomic mass is 10.3. The SMILES string of the molecule is NCCN1CCN(C(=O)Nc2ccccc2)CC1. The van der Waals surface area contributed by atoms with E-state index in [0.29, 0.717) is 6.54 Å². The molecular weight excluding hydrogens is 228 g/mol. The fraction of sp³-hybridized carbons (Fsp3) is 0.462. The van der Waals surface area contributed by atoms with Crippen molar-refractivity contribution in [1.82, 2.24) is 9.80 Å². The molecule has 1 heterocycles. The summed E-state index contributed by atoms with van der Waals surface area (Å²) >= 11 is 0. The summed E-state index contributed by atoms with van der Waals surface area (Å²) < 4.78 is 0. The maximum Gasteiger partial charge on any atom is 0.321 e. The molecule has 1 aromatic rings. The van der Waals surface area contributed by atoms with Gasteiger partial charge in [0, 0.05) is 45.0 Å². The molecule has 1 aromatic carbocycles. The van der Waals surface area contributed by atoms with Crippen LogP contribution >= 0.6 is 0 Å². The van der Waals surface area contributed by atoms with Crippen molar-refractivity contribution >= 4 is 11.7 Å². The van der Waals surface area contributed by atoms with Gasteiger partial charge in [0.05, 0.1) is 0 Å². The van der Waals surface area contributed by atoms with Crippen LogP contribution < -0.4 is 11.1 Å². The van der Waals surface area contributed by atoms with Gasteiger partial charge in [-0.15, -0.1) is 0 Å². The molecule has 0 radical (unpaired) electrons. The van der Waals surface area contributed by atoms with Crippen LogP contribution in [-0.4, -0.2) is 55.1 Å². The van der Waals surface area contributed by atoms with Crippen LogP contribution in [0.25, 0.3) is 0 Å². The number of anilines is 1. The molecule has 1 aliphatic heterocycles. The van der Waals surface area contributed by atoms with Crippen LogP contribution in [0.2, 0.25) is 0 Å². The van der Waals surface area contributed by atoms with Crippen LogP contribution in [0.15, 0.2) is 30.3 Å².